The van der Waals surface area contributed by atoms with Gasteiger partial charge in [0.2, 0.25) is 5.89 Å². The van der Waals surface area contributed by atoms with Crippen molar-refractivity contribution in [1.82, 2.24) is 10.1 Å². The first-order chi connectivity index (χ1) is 9.26. The molecule has 100 valence electrons. The van der Waals surface area contributed by atoms with Crippen molar-refractivity contribution in [1.29, 1.82) is 0 Å². The number of nitrogens with two attached hydrogens (primary N) is 1. The molecule has 5 nitrogen and oxygen atoms in total. The summed E-state index contributed by atoms with van der Waals surface area (Å²) in [4.78, 5) is 4.41. The summed E-state index contributed by atoms with van der Waals surface area (Å²) in [6, 6.07) is 5.82. The summed E-state index contributed by atoms with van der Waals surface area (Å²) in [5, 5.41) is 4.00. The first-order valence-corrected chi connectivity index (χ1v) is 6.51. The van der Waals surface area contributed by atoms with Gasteiger partial charge in [-0.15, -0.1) is 0 Å². The van der Waals surface area contributed by atoms with Gasteiger partial charge in [0.15, 0.2) is 5.82 Å². The maximum absolute atomic E-state index is 5.88. The van der Waals surface area contributed by atoms with Crippen LogP contribution in [0, 0.1) is 0 Å². The molecule has 1 aromatic carbocycles. The van der Waals surface area contributed by atoms with Crippen molar-refractivity contribution in [2.24, 2.45) is 0 Å². The normalized spacial score (nSPS) is 14.6. The van der Waals surface area contributed by atoms with E-state index in [4.69, 9.17) is 15.0 Å². The monoisotopic (exact) mass is 259 g/mol. The van der Waals surface area contributed by atoms with Crippen LogP contribution >= 0.6 is 0 Å². The number of aromatic nitrogens is 2. The van der Waals surface area contributed by atoms with E-state index in [0.717, 1.165) is 24.2 Å². The quantitative estimate of drug-likeness (QED) is 0.834. The number of anilines is 1. The molecule has 0 saturated heterocycles. The van der Waals surface area contributed by atoms with E-state index < -0.39 is 0 Å². The predicted octanol–water partition coefficient (Wildman–Crippen LogP) is 2.32. The van der Waals surface area contributed by atoms with Crippen LogP contribution in [0.4, 0.5) is 5.69 Å². The minimum atomic E-state index is 0.536. The van der Waals surface area contributed by atoms with E-state index in [2.05, 4.69) is 10.1 Å². The Kier molecular flexibility index (Phi) is 3.11. The van der Waals surface area contributed by atoms with E-state index in [1.807, 2.05) is 18.2 Å². The Balaban J connectivity index is 1.62. The Labute approximate surface area is 111 Å². The van der Waals surface area contributed by atoms with Crippen LogP contribution in [0.2, 0.25) is 0 Å². The van der Waals surface area contributed by atoms with Crippen LogP contribution in [0.1, 0.15) is 36.0 Å². The van der Waals surface area contributed by atoms with Crippen molar-refractivity contribution in [2.45, 2.75) is 31.6 Å². The molecule has 3 rings (SSSR count). The second kappa shape index (κ2) is 4.91. The Morgan fingerprint density at radius 1 is 1.37 bits per heavy atom. The highest BCUT2D eigenvalue weighted by Crippen LogP contribution is 2.38. The molecule has 0 bridgehead atoms. The van der Waals surface area contributed by atoms with Gasteiger partial charge in [-0.25, -0.2) is 0 Å². The minimum Gasteiger partial charge on any atom is -0.495 e. The average Bonchev–Trinajstić information content (AvgIpc) is 3.16. The van der Waals surface area contributed by atoms with Crippen LogP contribution in [-0.4, -0.2) is 17.3 Å². The van der Waals surface area contributed by atoms with Gasteiger partial charge in [0, 0.05) is 12.3 Å². The number of hydrogen-bond donors (Lipinski definition) is 1. The highest BCUT2D eigenvalue weighted by Gasteiger charge is 2.28. The zero-order valence-electron chi connectivity index (χ0n) is 10.9. The molecule has 1 fully saturated rings. The smallest absolute Gasteiger partial charge is 0.226 e. The van der Waals surface area contributed by atoms with Crippen LogP contribution in [-0.2, 0) is 12.8 Å². The second-order valence-corrected chi connectivity index (χ2v) is 4.90. The zero-order valence-corrected chi connectivity index (χ0v) is 10.9. The molecule has 1 saturated carbocycles. The number of benzene rings is 1. The molecule has 1 heterocycles. The van der Waals surface area contributed by atoms with E-state index in [9.17, 15) is 0 Å². The lowest BCUT2D eigenvalue weighted by Crippen LogP contribution is -1.96. The highest BCUT2D eigenvalue weighted by molar-refractivity contribution is 5.54. The summed E-state index contributed by atoms with van der Waals surface area (Å²) in [5.41, 5.74) is 7.68. The molecule has 2 aromatic rings. The molecule has 2 N–H and O–H groups in total. The molecule has 19 heavy (non-hydrogen) atoms. The van der Waals surface area contributed by atoms with Gasteiger partial charge in [0.25, 0.3) is 0 Å². The van der Waals surface area contributed by atoms with Crippen molar-refractivity contribution in [3.8, 4) is 5.75 Å². The summed E-state index contributed by atoms with van der Waals surface area (Å²) >= 11 is 0. The maximum atomic E-state index is 5.88. The molecule has 0 radical (unpaired) electrons. The van der Waals surface area contributed by atoms with Crippen molar-refractivity contribution in [2.75, 3.05) is 12.8 Å². The van der Waals surface area contributed by atoms with Gasteiger partial charge in [-0.05, 0) is 37.0 Å². The van der Waals surface area contributed by atoms with E-state index >= 15 is 0 Å². The Bertz CT molecular complexity index is 576. The molecule has 1 aliphatic rings. The van der Waals surface area contributed by atoms with Gasteiger partial charge in [0.1, 0.15) is 5.75 Å². The fourth-order valence-electron chi connectivity index (χ4n) is 2.07. The Hall–Kier alpha value is -2.04. The number of hydrogen-bond acceptors (Lipinski definition) is 5. The largest absolute Gasteiger partial charge is 0.495 e. The van der Waals surface area contributed by atoms with Crippen molar-refractivity contribution in [3.63, 3.8) is 0 Å². The molecule has 5 heteroatoms. The number of ether oxygens (including phenoxy) is 1. The van der Waals surface area contributed by atoms with Gasteiger partial charge in [0.05, 0.1) is 12.8 Å². The minimum absolute atomic E-state index is 0.536. The number of nitrogens with zero attached hydrogens (tertiary/aromatic N) is 2. The van der Waals surface area contributed by atoms with Crippen molar-refractivity contribution >= 4 is 5.69 Å². The molecule has 0 aliphatic heterocycles. The summed E-state index contributed by atoms with van der Waals surface area (Å²) in [6.45, 7) is 0. The lowest BCUT2D eigenvalue weighted by atomic mass is 10.1. The molecule has 0 unspecified atom stereocenters. The van der Waals surface area contributed by atoms with Gasteiger partial charge >= 0.3 is 0 Å². The van der Waals surface area contributed by atoms with Crippen LogP contribution in [0.15, 0.2) is 22.7 Å². The number of nitrogen functional groups attached to an aromatic ring is 1. The van der Waals surface area contributed by atoms with Crippen LogP contribution in [0.25, 0.3) is 0 Å². The number of aryl methyl sites for hydroxylation is 2. The van der Waals surface area contributed by atoms with Crippen molar-refractivity contribution < 1.29 is 9.26 Å². The first-order valence-electron chi connectivity index (χ1n) is 6.51. The van der Waals surface area contributed by atoms with Gasteiger partial charge < -0.3 is 15.0 Å². The summed E-state index contributed by atoms with van der Waals surface area (Å²) < 4.78 is 10.4. The third-order valence-corrected chi connectivity index (χ3v) is 3.35. The zero-order chi connectivity index (χ0) is 13.2. The lowest BCUT2D eigenvalue weighted by molar-refractivity contribution is 0.373. The summed E-state index contributed by atoms with van der Waals surface area (Å²) in [6.07, 6.45) is 3.95. The molecule has 0 amide bonds. The lowest BCUT2D eigenvalue weighted by Gasteiger charge is -2.06. The van der Waals surface area contributed by atoms with Gasteiger partial charge in [-0.2, -0.15) is 4.98 Å². The van der Waals surface area contributed by atoms with Crippen LogP contribution in [0.3, 0.4) is 0 Å². The molecule has 0 spiro atoms. The topological polar surface area (TPSA) is 74.2 Å². The molecule has 1 aliphatic carbocycles. The Morgan fingerprint density at radius 3 is 2.89 bits per heavy atom. The Morgan fingerprint density at radius 2 is 2.21 bits per heavy atom. The standard InChI is InChI=1S/C14H17N3O2/c1-18-12-6-2-9(8-11(12)15)3-7-13-16-14(17-19-13)10-4-5-10/h2,6,8,10H,3-5,7,15H2,1H3. The molecular formula is C14H17N3O2. The maximum Gasteiger partial charge on any atom is 0.226 e. The fourth-order valence-corrected chi connectivity index (χ4v) is 2.07. The van der Waals surface area contributed by atoms with Gasteiger partial charge in [-0.1, -0.05) is 11.2 Å². The first kappa shape index (κ1) is 12.0. The molecule has 1 aromatic heterocycles. The average molecular weight is 259 g/mol. The third-order valence-electron chi connectivity index (χ3n) is 3.35. The van der Waals surface area contributed by atoms with E-state index in [1.54, 1.807) is 7.11 Å². The second-order valence-electron chi connectivity index (χ2n) is 4.90. The van der Waals surface area contributed by atoms with Crippen LogP contribution in [0.5, 0.6) is 5.75 Å². The summed E-state index contributed by atoms with van der Waals surface area (Å²) in [7, 11) is 1.61. The molecular weight excluding hydrogens is 242 g/mol. The number of rotatable bonds is 5. The number of methoxy groups -OCH3 is 1. The van der Waals surface area contributed by atoms with Crippen molar-refractivity contribution in [3.05, 3.63) is 35.5 Å². The van der Waals surface area contributed by atoms with E-state index in [0.29, 0.717) is 23.2 Å². The summed E-state index contributed by atoms with van der Waals surface area (Å²) in [5.74, 6) is 2.81. The fraction of sp³-hybridized carbons (Fsp3) is 0.429. The van der Waals surface area contributed by atoms with Crippen LogP contribution < -0.4 is 10.5 Å². The predicted molar refractivity (Wildman–Crippen MR) is 71.1 cm³/mol. The highest BCUT2D eigenvalue weighted by atomic mass is 16.5. The van der Waals surface area contributed by atoms with E-state index in [1.165, 1.54) is 12.8 Å². The third kappa shape index (κ3) is 2.70. The van der Waals surface area contributed by atoms with Gasteiger partial charge in [-0.3, -0.25) is 0 Å². The molecule has 0 atom stereocenters. The SMILES string of the molecule is COc1ccc(CCc2nc(C3CC3)no2)cc1N. The van der Waals surface area contributed by atoms with E-state index in [-0.39, 0.29) is 0 Å².